The van der Waals surface area contributed by atoms with Gasteiger partial charge in [0.1, 0.15) is 0 Å². The summed E-state index contributed by atoms with van der Waals surface area (Å²) in [5, 5.41) is 22.2. The first-order valence-corrected chi connectivity index (χ1v) is 4.75. The molecule has 1 fully saturated rings. The van der Waals surface area contributed by atoms with Crippen molar-refractivity contribution in [1.82, 2.24) is 5.32 Å². The number of nitrogens with one attached hydrogen (secondary N) is 1. The van der Waals surface area contributed by atoms with Crippen molar-refractivity contribution in [1.29, 1.82) is 0 Å². The van der Waals surface area contributed by atoms with Gasteiger partial charge in [0.05, 0.1) is 12.7 Å². The van der Waals surface area contributed by atoms with E-state index in [0.717, 1.165) is 32.4 Å². The fourth-order valence-electron chi connectivity index (χ4n) is 1.99. The van der Waals surface area contributed by atoms with Gasteiger partial charge < -0.3 is 15.5 Å². The van der Waals surface area contributed by atoms with Crippen LogP contribution in [0.2, 0.25) is 0 Å². The van der Waals surface area contributed by atoms with E-state index in [0.29, 0.717) is 0 Å². The number of piperidine rings is 1. The van der Waals surface area contributed by atoms with Crippen molar-refractivity contribution >= 4 is 12.4 Å². The van der Waals surface area contributed by atoms with Crippen molar-refractivity contribution in [3.63, 3.8) is 0 Å². The van der Waals surface area contributed by atoms with Gasteiger partial charge in [-0.05, 0) is 19.4 Å². The standard InChI is InChI=1S/C9H19NO2.ClH/c1-2-4-9(7-11)6-10-5-3-8(9)12;/h8,10-12H,2-7H2,1H3;1H/t8-,9-;/m1./s1. The molecule has 1 saturated heterocycles. The third-order valence-electron chi connectivity index (χ3n) is 2.84. The van der Waals surface area contributed by atoms with Crippen molar-refractivity contribution in [3.05, 3.63) is 0 Å². The van der Waals surface area contributed by atoms with Gasteiger partial charge in [-0.2, -0.15) is 0 Å². The molecule has 0 amide bonds. The molecule has 1 heterocycles. The maximum absolute atomic E-state index is 9.75. The molecule has 2 atom stereocenters. The Morgan fingerprint density at radius 2 is 2.23 bits per heavy atom. The SMILES string of the molecule is CCC[C@]1(CO)CNCC[C@H]1O.Cl. The minimum absolute atomic E-state index is 0. The van der Waals surface area contributed by atoms with Crippen LogP contribution in [0.15, 0.2) is 0 Å². The molecule has 0 unspecified atom stereocenters. The van der Waals surface area contributed by atoms with Crippen LogP contribution in [0.25, 0.3) is 0 Å². The number of hydrogen-bond acceptors (Lipinski definition) is 3. The van der Waals surface area contributed by atoms with Gasteiger partial charge in [-0.15, -0.1) is 12.4 Å². The van der Waals surface area contributed by atoms with Crippen LogP contribution in [0.5, 0.6) is 0 Å². The normalized spacial score (nSPS) is 33.9. The molecule has 1 aliphatic heterocycles. The Morgan fingerprint density at radius 1 is 1.54 bits per heavy atom. The summed E-state index contributed by atoms with van der Waals surface area (Å²) in [6.07, 6.45) is 2.35. The predicted molar refractivity (Wildman–Crippen MR) is 55.2 cm³/mol. The quantitative estimate of drug-likeness (QED) is 0.636. The van der Waals surface area contributed by atoms with Gasteiger partial charge in [-0.25, -0.2) is 0 Å². The number of rotatable bonds is 3. The number of aliphatic hydroxyl groups is 2. The lowest BCUT2D eigenvalue weighted by Crippen LogP contribution is -2.52. The van der Waals surface area contributed by atoms with E-state index in [1.807, 2.05) is 0 Å². The zero-order chi connectivity index (χ0) is 9.03. The Balaban J connectivity index is 0.00000144. The molecule has 1 aliphatic rings. The Labute approximate surface area is 85.9 Å². The molecule has 80 valence electrons. The van der Waals surface area contributed by atoms with Crippen molar-refractivity contribution in [2.45, 2.75) is 32.3 Å². The van der Waals surface area contributed by atoms with E-state index in [-0.39, 0.29) is 30.5 Å². The fraction of sp³-hybridized carbons (Fsp3) is 1.00. The number of hydrogen-bond donors (Lipinski definition) is 3. The van der Waals surface area contributed by atoms with Crippen LogP contribution in [0.3, 0.4) is 0 Å². The maximum Gasteiger partial charge on any atom is 0.0642 e. The highest BCUT2D eigenvalue weighted by atomic mass is 35.5. The van der Waals surface area contributed by atoms with Crippen LogP contribution >= 0.6 is 12.4 Å². The van der Waals surface area contributed by atoms with Crippen LogP contribution in [0.4, 0.5) is 0 Å². The minimum atomic E-state index is -0.330. The highest BCUT2D eigenvalue weighted by molar-refractivity contribution is 5.85. The molecule has 0 aromatic carbocycles. The monoisotopic (exact) mass is 209 g/mol. The Hall–Kier alpha value is 0.170. The van der Waals surface area contributed by atoms with Gasteiger partial charge in [0, 0.05) is 12.0 Å². The molecule has 0 bridgehead atoms. The van der Waals surface area contributed by atoms with Gasteiger partial charge in [-0.1, -0.05) is 13.3 Å². The highest BCUT2D eigenvalue weighted by Crippen LogP contribution is 2.31. The minimum Gasteiger partial charge on any atom is -0.396 e. The average Bonchev–Trinajstić information content (AvgIpc) is 2.10. The second-order valence-corrected chi connectivity index (χ2v) is 3.75. The first-order valence-electron chi connectivity index (χ1n) is 4.75. The predicted octanol–water partition coefficient (Wildman–Crippen LogP) is 0.541. The van der Waals surface area contributed by atoms with E-state index in [9.17, 15) is 10.2 Å². The molecule has 13 heavy (non-hydrogen) atoms. The summed E-state index contributed by atoms with van der Waals surface area (Å²) in [5.74, 6) is 0. The summed E-state index contributed by atoms with van der Waals surface area (Å²) in [6, 6.07) is 0. The fourth-order valence-corrected chi connectivity index (χ4v) is 1.99. The van der Waals surface area contributed by atoms with Crippen molar-refractivity contribution in [2.75, 3.05) is 19.7 Å². The summed E-state index contributed by atoms with van der Waals surface area (Å²) in [4.78, 5) is 0. The molecular weight excluding hydrogens is 190 g/mol. The summed E-state index contributed by atoms with van der Waals surface area (Å²) in [5.41, 5.74) is -0.271. The lowest BCUT2D eigenvalue weighted by molar-refractivity contribution is -0.0429. The number of halogens is 1. The lowest BCUT2D eigenvalue weighted by Gasteiger charge is -2.40. The summed E-state index contributed by atoms with van der Waals surface area (Å²) in [6.45, 7) is 3.79. The summed E-state index contributed by atoms with van der Waals surface area (Å²) >= 11 is 0. The van der Waals surface area contributed by atoms with E-state index in [1.165, 1.54) is 0 Å². The molecule has 3 nitrogen and oxygen atoms in total. The van der Waals surface area contributed by atoms with E-state index in [1.54, 1.807) is 0 Å². The second kappa shape index (κ2) is 5.81. The van der Waals surface area contributed by atoms with E-state index < -0.39 is 0 Å². The Kier molecular flexibility index (Phi) is 5.88. The van der Waals surface area contributed by atoms with Gasteiger partial charge in [-0.3, -0.25) is 0 Å². The topological polar surface area (TPSA) is 52.5 Å². The van der Waals surface area contributed by atoms with Crippen LogP contribution in [-0.2, 0) is 0 Å². The summed E-state index contributed by atoms with van der Waals surface area (Å²) < 4.78 is 0. The molecule has 1 rings (SSSR count). The first-order chi connectivity index (χ1) is 5.75. The lowest BCUT2D eigenvalue weighted by atomic mass is 9.75. The Bertz CT molecular complexity index is 142. The largest absolute Gasteiger partial charge is 0.396 e. The van der Waals surface area contributed by atoms with Gasteiger partial charge in [0.25, 0.3) is 0 Å². The molecule has 4 heteroatoms. The molecule has 3 N–H and O–H groups in total. The molecule has 0 aromatic rings. The van der Waals surface area contributed by atoms with E-state index in [4.69, 9.17) is 0 Å². The first kappa shape index (κ1) is 13.2. The van der Waals surface area contributed by atoms with Gasteiger partial charge in [0.15, 0.2) is 0 Å². The van der Waals surface area contributed by atoms with Crippen molar-refractivity contribution in [2.24, 2.45) is 5.41 Å². The van der Waals surface area contributed by atoms with Gasteiger partial charge in [0.2, 0.25) is 0 Å². The molecule has 0 spiro atoms. The Morgan fingerprint density at radius 3 is 2.69 bits per heavy atom. The van der Waals surface area contributed by atoms with Crippen LogP contribution in [0, 0.1) is 5.41 Å². The van der Waals surface area contributed by atoms with E-state index >= 15 is 0 Å². The highest BCUT2D eigenvalue weighted by Gasteiger charge is 2.38. The second-order valence-electron chi connectivity index (χ2n) is 3.75. The van der Waals surface area contributed by atoms with Crippen molar-refractivity contribution in [3.8, 4) is 0 Å². The molecular formula is C9H20ClNO2. The zero-order valence-corrected chi connectivity index (χ0v) is 8.94. The van der Waals surface area contributed by atoms with Crippen LogP contribution in [0.1, 0.15) is 26.2 Å². The summed E-state index contributed by atoms with van der Waals surface area (Å²) in [7, 11) is 0. The van der Waals surface area contributed by atoms with E-state index in [2.05, 4.69) is 12.2 Å². The molecule has 0 saturated carbocycles. The van der Waals surface area contributed by atoms with Crippen molar-refractivity contribution < 1.29 is 10.2 Å². The molecule has 0 aliphatic carbocycles. The number of aliphatic hydroxyl groups excluding tert-OH is 2. The zero-order valence-electron chi connectivity index (χ0n) is 8.12. The smallest absolute Gasteiger partial charge is 0.0642 e. The average molecular weight is 210 g/mol. The van der Waals surface area contributed by atoms with Gasteiger partial charge >= 0.3 is 0 Å². The van der Waals surface area contributed by atoms with Crippen LogP contribution < -0.4 is 5.32 Å². The third kappa shape index (κ3) is 2.81. The third-order valence-corrected chi connectivity index (χ3v) is 2.84. The molecule has 0 aromatic heterocycles. The molecule has 0 radical (unpaired) electrons. The van der Waals surface area contributed by atoms with Crippen LogP contribution in [-0.4, -0.2) is 36.0 Å². The maximum atomic E-state index is 9.75.